The van der Waals surface area contributed by atoms with E-state index >= 15 is 0 Å². The number of likely N-dealkylation sites (tertiary alicyclic amines) is 1. The van der Waals surface area contributed by atoms with Crippen molar-refractivity contribution < 1.29 is 0 Å². The van der Waals surface area contributed by atoms with Gasteiger partial charge in [-0.3, -0.25) is 14.9 Å². The minimum absolute atomic E-state index is 0.161. The number of nitrogens with zero attached hydrogens (tertiary/aromatic N) is 5. The lowest BCUT2D eigenvalue weighted by molar-refractivity contribution is 0.0570. The molecule has 3 aliphatic heterocycles. The van der Waals surface area contributed by atoms with E-state index in [1.165, 1.54) is 12.8 Å². The molecule has 0 spiro atoms. The monoisotopic (exact) mass is 613 g/mol. The largest absolute Gasteiger partial charge is 0.373 e. The van der Waals surface area contributed by atoms with E-state index in [2.05, 4.69) is 105 Å². The molecule has 44 heavy (non-hydrogen) atoms. The van der Waals surface area contributed by atoms with Crippen LogP contribution in [0.15, 0.2) is 60.6 Å². The molecule has 3 aliphatic rings. The molecule has 9 nitrogen and oxygen atoms in total. The van der Waals surface area contributed by atoms with Gasteiger partial charge in [-0.1, -0.05) is 54.8 Å². The summed E-state index contributed by atoms with van der Waals surface area (Å²) < 4.78 is 0. The van der Waals surface area contributed by atoms with E-state index in [0.29, 0.717) is 22.1 Å². The molecule has 0 saturated carbocycles. The first-order chi connectivity index (χ1) is 21.3. The second-order valence-electron chi connectivity index (χ2n) is 13.1. The third-order valence-electron chi connectivity index (χ3n) is 9.09. The van der Waals surface area contributed by atoms with Crippen LogP contribution in [-0.4, -0.2) is 57.7 Å². The molecule has 0 aliphatic carbocycles. The molecule has 4 heterocycles. The molecular formula is C34H44ClN9. The van der Waals surface area contributed by atoms with Crippen molar-refractivity contribution in [2.24, 2.45) is 0 Å². The number of benzene rings is 2. The normalized spacial score (nSPS) is 19.6. The molecule has 0 amide bonds. The minimum Gasteiger partial charge on any atom is -0.373 e. The highest BCUT2D eigenvalue weighted by atomic mass is 35.5. The Morgan fingerprint density at radius 2 is 1.75 bits per heavy atom. The second kappa shape index (κ2) is 13.2. The van der Waals surface area contributed by atoms with Crippen molar-refractivity contribution in [3.05, 3.63) is 76.7 Å². The van der Waals surface area contributed by atoms with Crippen LogP contribution in [0.25, 0.3) is 10.9 Å². The molecule has 232 valence electrons. The first kappa shape index (κ1) is 30.5. The number of rotatable bonds is 7. The minimum atomic E-state index is -0.161. The third-order valence-corrected chi connectivity index (χ3v) is 9.38. The molecule has 0 bridgehead atoms. The summed E-state index contributed by atoms with van der Waals surface area (Å²) >= 11 is 6.87. The highest BCUT2D eigenvalue weighted by molar-refractivity contribution is 6.35. The van der Waals surface area contributed by atoms with Crippen molar-refractivity contribution in [2.45, 2.75) is 76.9 Å². The first-order valence-electron chi connectivity index (χ1n) is 15.9. The standard InChI is InChI=1S/C34H44ClN9/c1-34(2,3)42-17-13-27(14-18-42)44-23-30(39-41-44)32(24-11-7-6-8-12-24)38-26-19-28-31(40-43-15-9-4-5-10-16-43)25(21-36)22-37-33(28)29(35)20-26/h6-8,11-12,19-20,22-23,27,32,38-39,41H,4-5,9-10,13-18H2,1-3H3,(H,37,40)/t32-/m0/s1. The number of hydrogen-bond acceptors (Lipinski definition) is 9. The number of nitriles is 1. The van der Waals surface area contributed by atoms with E-state index in [1.54, 1.807) is 6.20 Å². The summed E-state index contributed by atoms with van der Waals surface area (Å²) in [5.74, 6) is 0. The van der Waals surface area contributed by atoms with Crippen LogP contribution < -0.4 is 21.7 Å². The molecule has 10 heteroatoms. The summed E-state index contributed by atoms with van der Waals surface area (Å²) in [5.41, 5.74) is 15.6. The summed E-state index contributed by atoms with van der Waals surface area (Å²) in [6.07, 6.45) is 10.7. The number of nitrogens with one attached hydrogen (secondary N) is 4. The predicted molar refractivity (Wildman–Crippen MR) is 178 cm³/mol. The van der Waals surface area contributed by atoms with Gasteiger partial charge in [0.1, 0.15) is 6.07 Å². The molecule has 2 saturated heterocycles. The van der Waals surface area contributed by atoms with Crippen LogP contribution in [-0.2, 0) is 0 Å². The Balaban J connectivity index is 1.30. The average molecular weight is 614 g/mol. The summed E-state index contributed by atoms with van der Waals surface area (Å²) in [5, 5.41) is 19.6. The van der Waals surface area contributed by atoms with Crippen LogP contribution in [0.5, 0.6) is 0 Å². The molecule has 0 radical (unpaired) electrons. The number of pyridine rings is 1. The Kier molecular flexibility index (Phi) is 9.15. The highest BCUT2D eigenvalue weighted by Crippen LogP contribution is 2.36. The highest BCUT2D eigenvalue weighted by Gasteiger charge is 2.32. The van der Waals surface area contributed by atoms with Crippen molar-refractivity contribution in [3.63, 3.8) is 0 Å². The number of aromatic nitrogens is 1. The fourth-order valence-corrected chi connectivity index (χ4v) is 6.81. The SMILES string of the molecule is CC(C)(C)N1CCC(N2C=C([C@@H](Nc3cc(Cl)c4ncc(C#N)c(NN5CCCCCC5)c4c3)c3ccccc3)NN2)CC1. The van der Waals surface area contributed by atoms with Crippen molar-refractivity contribution in [3.8, 4) is 6.07 Å². The van der Waals surface area contributed by atoms with Gasteiger partial charge in [0.2, 0.25) is 0 Å². The summed E-state index contributed by atoms with van der Waals surface area (Å²) in [7, 11) is 0. The van der Waals surface area contributed by atoms with Crippen LogP contribution in [0.2, 0.25) is 5.02 Å². The maximum absolute atomic E-state index is 10.00. The number of piperidine rings is 1. The molecule has 4 N–H and O–H groups in total. The molecule has 0 unspecified atom stereocenters. The van der Waals surface area contributed by atoms with Crippen LogP contribution in [0.3, 0.4) is 0 Å². The average Bonchev–Trinajstić information content (AvgIpc) is 3.37. The lowest BCUT2D eigenvalue weighted by Gasteiger charge is -2.42. The van der Waals surface area contributed by atoms with E-state index in [1.807, 2.05) is 12.1 Å². The predicted octanol–water partition coefficient (Wildman–Crippen LogP) is 6.55. The third kappa shape index (κ3) is 6.74. The first-order valence-corrected chi connectivity index (χ1v) is 16.3. The number of anilines is 2. The van der Waals surface area contributed by atoms with Gasteiger partial charge >= 0.3 is 0 Å². The topological polar surface area (TPSA) is 94.5 Å². The maximum Gasteiger partial charge on any atom is 0.103 e. The Morgan fingerprint density at radius 1 is 1.02 bits per heavy atom. The van der Waals surface area contributed by atoms with Crippen LogP contribution in [0.4, 0.5) is 11.4 Å². The van der Waals surface area contributed by atoms with E-state index in [-0.39, 0.29) is 11.6 Å². The zero-order valence-electron chi connectivity index (χ0n) is 26.0. The molecule has 1 atom stereocenters. The van der Waals surface area contributed by atoms with E-state index in [4.69, 9.17) is 11.6 Å². The van der Waals surface area contributed by atoms with E-state index in [9.17, 15) is 5.26 Å². The fraction of sp³-hybridized carbons (Fsp3) is 0.471. The molecule has 1 aromatic heterocycles. The van der Waals surface area contributed by atoms with Crippen molar-refractivity contribution in [1.82, 2.24) is 30.9 Å². The van der Waals surface area contributed by atoms with Gasteiger partial charge in [-0.05, 0) is 64.2 Å². The molecule has 2 aromatic carbocycles. The lowest BCUT2D eigenvalue weighted by Crippen LogP contribution is -2.52. The number of hydrazine groups is 3. The summed E-state index contributed by atoms with van der Waals surface area (Å²) in [4.78, 5) is 7.14. The van der Waals surface area contributed by atoms with Gasteiger partial charge < -0.3 is 16.2 Å². The molecular weight excluding hydrogens is 570 g/mol. The lowest BCUT2D eigenvalue weighted by atomic mass is 9.98. The van der Waals surface area contributed by atoms with E-state index < -0.39 is 0 Å². The Labute approximate surface area is 266 Å². The summed E-state index contributed by atoms with van der Waals surface area (Å²) in [6, 6.07) is 17.0. The zero-order valence-corrected chi connectivity index (χ0v) is 26.8. The number of halogens is 1. The van der Waals surface area contributed by atoms with Crippen LogP contribution in [0, 0.1) is 11.3 Å². The number of fused-ring (bicyclic) bond motifs is 1. The van der Waals surface area contributed by atoms with Gasteiger partial charge in [0.05, 0.1) is 33.5 Å². The van der Waals surface area contributed by atoms with Crippen LogP contribution >= 0.6 is 11.6 Å². The maximum atomic E-state index is 10.00. The van der Waals surface area contributed by atoms with Crippen molar-refractivity contribution >= 4 is 33.9 Å². The smallest absolute Gasteiger partial charge is 0.103 e. The van der Waals surface area contributed by atoms with Crippen LogP contribution in [0.1, 0.15) is 76.5 Å². The molecule has 3 aromatic rings. The zero-order chi connectivity index (χ0) is 30.7. The summed E-state index contributed by atoms with van der Waals surface area (Å²) in [6.45, 7) is 10.9. The quantitative estimate of drug-likeness (QED) is 0.237. The second-order valence-corrected chi connectivity index (χ2v) is 13.5. The Morgan fingerprint density at radius 3 is 2.43 bits per heavy atom. The Hall–Kier alpha value is -3.55. The van der Waals surface area contributed by atoms with Gasteiger partial charge in [-0.2, -0.15) is 5.26 Å². The van der Waals surface area contributed by atoms with Gasteiger partial charge in [-0.25, -0.2) is 5.01 Å². The van der Waals surface area contributed by atoms with E-state index in [0.717, 1.165) is 79.9 Å². The van der Waals surface area contributed by atoms with Gasteiger partial charge in [-0.15, -0.1) is 5.53 Å². The fourth-order valence-electron chi connectivity index (χ4n) is 6.54. The van der Waals surface area contributed by atoms with Crippen molar-refractivity contribution in [2.75, 3.05) is 36.9 Å². The van der Waals surface area contributed by atoms with Gasteiger partial charge in [0.15, 0.2) is 0 Å². The number of hydrogen-bond donors (Lipinski definition) is 4. The van der Waals surface area contributed by atoms with Gasteiger partial charge in [0, 0.05) is 61.2 Å². The molecule has 6 rings (SSSR count). The van der Waals surface area contributed by atoms with Gasteiger partial charge in [0.25, 0.3) is 0 Å². The molecule has 2 fully saturated rings. The Bertz CT molecular complexity index is 1510. The van der Waals surface area contributed by atoms with Crippen molar-refractivity contribution in [1.29, 1.82) is 5.26 Å².